The Bertz CT molecular complexity index is 413. The van der Waals surface area contributed by atoms with Crippen LogP contribution in [0.15, 0.2) is 16.6 Å². The van der Waals surface area contributed by atoms with Gasteiger partial charge in [-0.15, -0.1) is 0 Å². The summed E-state index contributed by atoms with van der Waals surface area (Å²) in [6.45, 7) is 8.11. The number of ether oxygens (including phenoxy) is 2. The third-order valence-electron chi connectivity index (χ3n) is 2.77. The molecule has 0 saturated carbocycles. The highest BCUT2D eigenvalue weighted by Gasteiger charge is 2.14. The first-order chi connectivity index (χ1) is 8.87. The molecule has 4 heteroatoms. The predicted molar refractivity (Wildman–Crippen MR) is 83.0 cm³/mol. The van der Waals surface area contributed by atoms with Crippen molar-refractivity contribution in [3.8, 4) is 11.5 Å². The first kappa shape index (κ1) is 16.3. The van der Waals surface area contributed by atoms with E-state index in [2.05, 4.69) is 48.1 Å². The Labute approximate surface area is 124 Å². The molecular formula is C15H24BrNO2. The minimum absolute atomic E-state index is 0.270. The van der Waals surface area contributed by atoms with E-state index < -0.39 is 0 Å². The quantitative estimate of drug-likeness (QED) is 0.855. The molecular weight excluding hydrogens is 306 g/mol. The van der Waals surface area contributed by atoms with E-state index in [-0.39, 0.29) is 5.41 Å². The monoisotopic (exact) mass is 329 g/mol. The lowest BCUT2D eigenvalue weighted by atomic mass is 9.93. The van der Waals surface area contributed by atoms with E-state index in [1.807, 2.05) is 13.1 Å². The van der Waals surface area contributed by atoms with Gasteiger partial charge in [-0.3, -0.25) is 0 Å². The molecule has 0 radical (unpaired) electrons. The van der Waals surface area contributed by atoms with Gasteiger partial charge in [0.15, 0.2) is 11.5 Å². The second-order valence-corrected chi connectivity index (χ2v) is 6.65. The van der Waals surface area contributed by atoms with E-state index in [1.165, 1.54) is 0 Å². The average molecular weight is 330 g/mol. The Kier molecular flexibility index (Phi) is 6.14. The lowest BCUT2D eigenvalue weighted by Crippen LogP contribution is -2.12. The molecule has 0 heterocycles. The zero-order valence-corrected chi connectivity index (χ0v) is 14.1. The number of methoxy groups -OCH3 is 1. The molecule has 0 bridgehead atoms. The minimum Gasteiger partial charge on any atom is -0.493 e. The van der Waals surface area contributed by atoms with Crippen LogP contribution in [0.4, 0.5) is 0 Å². The van der Waals surface area contributed by atoms with Crippen molar-refractivity contribution in [2.24, 2.45) is 5.41 Å². The Morgan fingerprint density at radius 3 is 2.47 bits per heavy atom. The molecule has 0 atom stereocenters. The van der Waals surface area contributed by atoms with Crippen LogP contribution >= 0.6 is 15.9 Å². The van der Waals surface area contributed by atoms with Crippen molar-refractivity contribution in [2.75, 3.05) is 20.8 Å². The standard InChI is InChI=1S/C15H24BrNO2/c1-15(2,3)6-7-19-14-12(16)8-11(10-17-4)9-13(14)18-5/h8-9,17H,6-7,10H2,1-5H3. The summed E-state index contributed by atoms with van der Waals surface area (Å²) in [7, 11) is 3.59. The predicted octanol–water partition coefficient (Wildman–Crippen LogP) is 3.99. The Balaban J connectivity index is 2.82. The maximum atomic E-state index is 5.88. The highest BCUT2D eigenvalue weighted by Crippen LogP contribution is 2.37. The van der Waals surface area contributed by atoms with Crippen LogP contribution in [0.25, 0.3) is 0 Å². The molecule has 108 valence electrons. The number of nitrogens with one attached hydrogen (secondary N) is 1. The van der Waals surface area contributed by atoms with E-state index in [0.29, 0.717) is 6.61 Å². The van der Waals surface area contributed by atoms with Crippen molar-refractivity contribution >= 4 is 15.9 Å². The van der Waals surface area contributed by atoms with Crippen molar-refractivity contribution in [2.45, 2.75) is 33.7 Å². The molecule has 0 aliphatic carbocycles. The zero-order chi connectivity index (χ0) is 14.5. The molecule has 0 fully saturated rings. The van der Waals surface area contributed by atoms with Gasteiger partial charge in [0.2, 0.25) is 0 Å². The van der Waals surface area contributed by atoms with Crippen LogP contribution in [0.1, 0.15) is 32.8 Å². The van der Waals surface area contributed by atoms with Crippen LogP contribution in [0, 0.1) is 5.41 Å². The number of rotatable bonds is 6. The fraction of sp³-hybridized carbons (Fsp3) is 0.600. The van der Waals surface area contributed by atoms with Crippen LogP contribution in [-0.2, 0) is 6.54 Å². The van der Waals surface area contributed by atoms with Crippen LogP contribution in [0.3, 0.4) is 0 Å². The lowest BCUT2D eigenvalue weighted by Gasteiger charge is -2.20. The highest BCUT2D eigenvalue weighted by molar-refractivity contribution is 9.10. The number of benzene rings is 1. The maximum Gasteiger partial charge on any atom is 0.175 e. The van der Waals surface area contributed by atoms with Gasteiger partial charge < -0.3 is 14.8 Å². The molecule has 3 nitrogen and oxygen atoms in total. The molecule has 0 unspecified atom stereocenters. The second-order valence-electron chi connectivity index (χ2n) is 5.80. The molecule has 0 amide bonds. The van der Waals surface area contributed by atoms with Gasteiger partial charge in [0.1, 0.15) is 0 Å². The molecule has 0 aromatic heterocycles. The number of hydrogen-bond donors (Lipinski definition) is 1. The van der Waals surface area contributed by atoms with Crippen LogP contribution < -0.4 is 14.8 Å². The summed E-state index contributed by atoms with van der Waals surface area (Å²) >= 11 is 3.56. The summed E-state index contributed by atoms with van der Waals surface area (Å²) in [5.74, 6) is 1.56. The van der Waals surface area contributed by atoms with Crippen LogP contribution in [0.5, 0.6) is 11.5 Å². The van der Waals surface area contributed by atoms with Crippen molar-refractivity contribution < 1.29 is 9.47 Å². The fourth-order valence-corrected chi connectivity index (χ4v) is 2.28. The van der Waals surface area contributed by atoms with Gasteiger partial charge >= 0.3 is 0 Å². The summed E-state index contributed by atoms with van der Waals surface area (Å²) in [6.07, 6.45) is 1.00. The number of halogens is 1. The lowest BCUT2D eigenvalue weighted by molar-refractivity contribution is 0.233. The Morgan fingerprint density at radius 2 is 1.95 bits per heavy atom. The third kappa shape index (κ3) is 5.41. The topological polar surface area (TPSA) is 30.5 Å². The van der Waals surface area contributed by atoms with Crippen LogP contribution in [-0.4, -0.2) is 20.8 Å². The van der Waals surface area contributed by atoms with Crippen molar-refractivity contribution in [3.05, 3.63) is 22.2 Å². The molecule has 0 spiro atoms. The van der Waals surface area contributed by atoms with E-state index >= 15 is 0 Å². The highest BCUT2D eigenvalue weighted by atomic mass is 79.9. The molecule has 0 saturated heterocycles. The van der Waals surface area contributed by atoms with Gasteiger partial charge in [0.05, 0.1) is 18.2 Å². The van der Waals surface area contributed by atoms with Gasteiger partial charge in [-0.2, -0.15) is 0 Å². The van der Waals surface area contributed by atoms with Gasteiger partial charge in [-0.1, -0.05) is 20.8 Å². The van der Waals surface area contributed by atoms with Gasteiger partial charge in [-0.05, 0) is 52.5 Å². The average Bonchev–Trinajstić information content (AvgIpc) is 2.30. The largest absolute Gasteiger partial charge is 0.493 e. The van der Waals surface area contributed by atoms with Crippen molar-refractivity contribution in [3.63, 3.8) is 0 Å². The van der Waals surface area contributed by atoms with Crippen molar-refractivity contribution in [1.29, 1.82) is 0 Å². The summed E-state index contributed by atoms with van der Waals surface area (Å²) < 4.78 is 12.2. The third-order valence-corrected chi connectivity index (χ3v) is 3.36. The maximum absolute atomic E-state index is 5.88. The molecule has 19 heavy (non-hydrogen) atoms. The summed E-state index contributed by atoms with van der Waals surface area (Å²) in [5.41, 5.74) is 1.43. The Hall–Kier alpha value is -0.740. The smallest absolute Gasteiger partial charge is 0.175 e. The van der Waals surface area contributed by atoms with E-state index in [4.69, 9.17) is 9.47 Å². The first-order valence-corrected chi connectivity index (χ1v) is 7.30. The summed E-state index contributed by atoms with van der Waals surface area (Å²) in [4.78, 5) is 0. The van der Waals surface area contributed by atoms with Gasteiger partial charge in [-0.25, -0.2) is 0 Å². The van der Waals surface area contributed by atoms with Crippen molar-refractivity contribution in [1.82, 2.24) is 5.32 Å². The summed E-state index contributed by atoms with van der Waals surface area (Å²) in [5, 5.41) is 3.13. The Morgan fingerprint density at radius 1 is 1.26 bits per heavy atom. The molecule has 1 aromatic carbocycles. The number of hydrogen-bond acceptors (Lipinski definition) is 3. The fourth-order valence-electron chi connectivity index (χ4n) is 1.68. The molecule has 1 aromatic rings. The van der Waals surface area contributed by atoms with E-state index in [1.54, 1.807) is 7.11 Å². The molecule has 0 aliphatic rings. The van der Waals surface area contributed by atoms with Gasteiger partial charge in [0.25, 0.3) is 0 Å². The van der Waals surface area contributed by atoms with E-state index in [9.17, 15) is 0 Å². The first-order valence-electron chi connectivity index (χ1n) is 6.51. The SMILES string of the molecule is CNCc1cc(Br)c(OCCC(C)(C)C)c(OC)c1. The molecule has 1 rings (SSSR count). The normalized spacial score (nSPS) is 11.5. The second kappa shape index (κ2) is 7.15. The molecule has 1 N–H and O–H groups in total. The zero-order valence-electron chi connectivity index (χ0n) is 12.5. The van der Waals surface area contributed by atoms with E-state index in [0.717, 1.165) is 34.5 Å². The molecule has 0 aliphatic heterocycles. The van der Waals surface area contributed by atoms with Crippen LogP contribution in [0.2, 0.25) is 0 Å². The minimum atomic E-state index is 0.270. The van der Waals surface area contributed by atoms with Gasteiger partial charge in [0, 0.05) is 6.54 Å². The summed E-state index contributed by atoms with van der Waals surface area (Å²) in [6, 6.07) is 4.07.